The zero-order valence-corrected chi connectivity index (χ0v) is 23.6. The second-order valence-corrected chi connectivity index (χ2v) is 10.5. The summed E-state index contributed by atoms with van der Waals surface area (Å²) in [6, 6.07) is 5.83. The van der Waals surface area contributed by atoms with Crippen molar-refractivity contribution in [3.63, 3.8) is 0 Å². The number of rotatable bonds is 11. The predicted octanol–water partition coefficient (Wildman–Crippen LogP) is 4.14. The Labute approximate surface area is 235 Å². The van der Waals surface area contributed by atoms with Crippen molar-refractivity contribution in [3.8, 4) is 23.3 Å². The van der Waals surface area contributed by atoms with Gasteiger partial charge in [0.25, 0.3) is 0 Å². The smallest absolute Gasteiger partial charge is 0.237 e. The van der Waals surface area contributed by atoms with Crippen LogP contribution in [0.4, 0.5) is 5.95 Å². The number of amides is 1. The lowest BCUT2D eigenvalue weighted by Crippen LogP contribution is -2.46. The lowest BCUT2D eigenvalue weighted by atomic mass is 9.85. The van der Waals surface area contributed by atoms with Gasteiger partial charge in [-0.3, -0.25) is 9.69 Å². The number of nitrogens with one attached hydrogen (secondary N) is 1. The lowest BCUT2D eigenvalue weighted by Gasteiger charge is -2.38. The zero-order valence-electron chi connectivity index (χ0n) is 22.9. The Bertz CT molecular complexity index is 1120. The van der Waals surface area contributed by atoms with Gasteiger partial charge in [0, 0.05) is 37.8 Å². The fourth-order valence-corrected chi connectivity index (χ4v) is 5.67. The number of nitrogens with zero attached hydrogens (tertiary/aromatic N) is 5. The van der Waals surface area contributed by atoms with Crippen LogP contribution in [0.5, 0.6) is 17.2 Å². The monoisotopic (exact) mass is 556 g/mol. The summed E-state index contributed by atoms with van der Waals surface area (Å²) in [4.78, 5) is 25.8. The summed E-state index contributed by atoms with van der Waals surface area (Å²) < 4.78 is 16.8. The molecule has 1 aliphatic heterocycles. The molecule has 0 spiro atoms. The van der Waals surface area contributed by atoms with E-state index < -0.39 is 0 Å². The first kappa shape index (κ1) is 28.7. The molecule has 4 rings (SSSR count). The number of likely N-dealkylation sites (tertiary alicyclic amines) is 1. The number of hydrogen-bond donors (Lipinski definition) is 1. The van der Waals surface area contributed by atoms with Crippen LogP contribution in [-0.2, 0) is 11.3 Å². The summed E-state index contributed by atoms with van der Waals surface area (Å²) in [5.41, 5.74) is 0.871. The minimum absolute atomic E-state index is 0.00540. The van der Waals surface area contributed by atoms with E-state index in [9.17, 15) is 10.1 Å². The molecule has 1 saturated carbocycles. The Morgan fingerprint density at radius 1 is 1.10 bits per heavy atom. The summed E-state index contributed by atoms with van der Waals surface area (Å²) in [5, 5.41) is 13.4. The van der Waals surface area contributed by atoms with Gasteiger partial charge >= 0.3 is 0 Å². The maximum Gasteiger partial charge on any atom is 0.237 e. The van der Waals surface area contributed by atoms with E-state index >= 15 is 0 Å². The number of hydrogen-bond acceptors (Lipinski definition) is 9. The first-order chi connectivity index (χ1) is 18.9. The van der Waals surface area contributed by atoms with E-state index in [1.807, 2.05) is 12.1 Å². The largest absolute Gasteiger partial charge is 0.496 e. The number of aromatic nitrogens is 2. The number of carbonyl (C=O) groups is 1. The fraction of sp³-hybridized carbons (Fsp3) is 0.571. The number of methoxy groups -OCH3 is 3. The van der Waals surface area contributed by atoms with Gasteiger partial charge in [0.2, 0.25) is 11.9 Å². The van der Waals surface area contributed by atoms with Gasteiger partial charge in [0.05, 0.1) is 56.9 Å². The van der Waals surface area contributed by atoms with Crippen molar-refractivity contribution in [2.75, 3.05) is 46.3 Å². The molecule has 0 radical (unpaired) electrons. The Kier molecular flexibility index (Phi) is 10.1. The third-order valence-corrected chi connectivity index (χ3v) is 7.94. The zero-order chi connectivity index (χ0) is 27.8. The topological polar surface area (TPSA) is 113 Å². The SMILES string of the molecule is COc1cc(OC)c(CN(CC(=O)N2CCC[C@H]2C#N)C2CCC(CNc3ncc(Cl)cn3)CC2)c(OC)c1. The molecule has 2 aliphatic rings. The van der Waals surface area contributed by atoms with Crippen molar-refractivity contribution >= 4 is 23.5 Å². The van der Waals surface area contributed by atoms with Crippen LogP contribution < -0.4 is 19.5 Å². The van der Waals surface area contributed by atoms with E-state index in [4.69, 9.17) is 25.8 Å². The fourth-order valence-electron chi connectivity index (χ4n) is 5.57. The van der Waals surface area contributed by atoms with Crippen molar-refractivity contribution in [3.05, 3.63) is 35.1 Å². The average Bonchev–Trinajstić information content (AvgIpc) is 3.46. The average molecular weight is 557 g/mol. The molecule has 39 heavy (non-hydrogen) atoms. The molecule has 2 heterocycles. The number of nitriles is 1. The van der Waals surface area contributed by atoms with Crippen LogP contribution in [-0.4, -0.2) is 78.7 Å². The van der Waals surface area contributed by atoms with E-state index in [2.05, 4.69) is 26.3 Å². The molecule has 10 nitrogen and oxygen atoms in total. The van der Waals surface area contributed by atoms with Crippen molar-refractivity contribution in [1.82, 2.24) is 19.8 Å². The predicted molar refractivity (Wildman–Crippen MR) is 148 cm³/mol. The lowest BCUT2D eigenvalue weighted by molar-refractivity contribution is -0.133. The summed E-state index contributed by atoms with van der Waals surface area (Å²) >= 11 is 5.89. The first-order valence-electron chi connectivity index (χ1n) is 13.4. The van der Waals surface area contributed by atoms with Crippen LogP contribution in [0.1, 0.15) is 44.1 Å². The highest BCUT2D eigenvalue weighted by Crippen LogP contribution is 2.37. The molecule has 1 aliphatic carbocycles. The van der Waals surface area contributed by atoms with Crippen LogP contribution in [0, 0.1) is 17.2 Å². The minimum Gasteiger partial charge on any atom is -0.496 e. The van der Waals surface area contributed by atoms with Crippen molar-refractivity contribution in [2.45, 2.75) is 57.2 Å². The maximum atomic E-state index is 13.4. The third-order valence-electron chi connectivity index (χ3n) is 7.74. The first-order valence-corrected chi connectivity index (χ1v) is 13.8. The molecular weight excluding hydrogens is 520 g/mol. The Hall–Kier alpha value is -3.29. The molecule has 1 saturated heterocycles. The van der Waals surface area contributed by atoms with Crippen molar-refractivity contribution < 1.29 is 19.0 Å². The molecule has 1 atom stereocenters. The summed E-state index contributed by atoms with van der Waals surface area (Å²) in [5.74, 6) is 2.99. The quantitative estimate of drug-likeness (QED) is 0.436. The van der Waals surface area contributed by atoms with E-state index in [1.54, 1.807) is 38.6 Å². The molecule has 0 unspecified atom stereocenters. The van der Waals surface area contributed by atoms with Gasteiger partial charge in [-0.15, -0.1) is 0 Å². The molecule has 11 heteroatoms. The summed E-state index contributed by atoms with van der Waals surface area (Å²) in [6.07, 6.45) is 8.68. The minimum atomic E-state index is -0.346. The molecule has 0 bridgehead atoms. The number of halogens is 1. The van der Waals surface area contributed by atoms with Gasteiger partial charge in [-0.1, -0.05) is 11.6 Å². The molecule has 1 aromatic carbocycles. The van der Waals surface area contributed by atoms with Crippen LogP contribution in [0.3, 0.4) is 0 Å². The molecule has 1 amide bonds. The summed E-state index contributed by atoms with van der Waals surface area (Å²) in [7, 11) is 4.85. The van der Waals surface area contributed by atoms with Crippen LogP contribution in [0.25, 0.3) is 0 Å². The van der Waals surface area contributed by atoms with Gasteiger partial charge in [-0.05, 0) is 44.4 Å². The van der Waals surface area contributed by atoms with Crippen molar-refractivity contribution in [2.24, 2.45) is 5.92 Å². The second kappa shape index (κ2) is 13.7. The van der Waals surface area contributed by atoms with Gasteiger partial charge in [-0.25, -0.2) is 9.97 Å². The standard InChI is InChI=1S/C28H37ClN6O4/c1-37-23-11-25(38-2)24(26(12-23)39-3)17-34(18-27(36)35-10-4-5-22(35)13-30)21-8-6-19(7-9-21)14-31-28-32-15-20(29)16-33-28/h11-12,15-16,19,21-22H,4-10,14,17-18H2,1-3H3,(H,31,32,33)/t19?,21?,22-/m0/s1. The molecular formula is C28H37ClN6O4. The van der Waals surface area contributed by atoms with Crippen molar-refractivity contribution in [1.29, 1.82) is 5.26 Å². The van der Waals surface area contributed by atoms with Gasteiger partial charge in [0.1, 0.15) is 23.3 Å². The summed E-state index contributed by atoms with van der Waals surface area (Å²) in [6.45, 7) is 2.14. The second-order valence-electron chi connectivity index (χ2n) is 10.1. The molecule has 2 aromatic rings. The molecule has 1 aromatic heterocycles. The van der Waals surface area contributed by atoms with Gasteiger partial charge in [-0.2, -0.15) is 5.26 Å². The Morgan fingerprint density at radius 2 is 1.77 bits per heavy atom. The van der Waals surface area contributed by atoms with E-state index in [0.29, 0.717) is 47.2 Å². The number of anilines is 1. The number of carbonyl (C=O) groups excluding carboxylic acids is 1. The number of ether oxygens (including phenoxy) is 3. The van der Waals surface area contributed by atoms with Crippen LogP contribution in [0.15, 0.2) is 24.5 Å². The third kappa shape index (κ3) is 7.22. The van der Waals surface area contributed by atoms with Gasteiger partial charge in [0.15, 0.2) is 0 Å². The van der Waals surface area contributed by atoms with E-state index in [1.165, 1.54) is 0 Å². The highest BCUT2D eigenvalue weighted by atomic mass is 35.5. The van der Waals surface area contributed by atoms with Crippen LogP contribution >= 0.6 is 11.6 Å². The van der Waals surface area contributed by atoms with E-state index in [0.717, 1.165) is 50.6 Å². The normalized spacial score (nSPS) is 20.9. The number of benzene rings is 1. The Balaban J connectivity index is 1.48. The highest BCUT2D eigenvalue weighted by molar-refractivity contribution is 6.30. The van der Waals surface area contributed by atoms with E-state index in [-0.39, 0.29) is 24.5 Å². The molecule has 210 valence electrons. The molecule has 1 N–H and O–H groups in total. The molecule has 2 fully saturated rings. The maximum absolute atomic E-state index is 13.4. The van der Waals surface area contributed by atoms with Crippen LogP contribution in [0.2, 0.25) is 5.02 Å². The highest BCUT2D eigenvalue weighted by Gasteiger charge is 2.33. The van der Waals surface area contributed by atoms with Gasteiger partial charge < -0.3 is 24.4 Å². The Morgan fingerprint density at radius 3 is 2.36 bits per heavy atom.